The second-order valence-corrected chi connectivity index (χ2v) is 15.8. The van der Waals surface area contributed by atoms with Crippen LogP contribution in [0.3, 0.4) is 0 Å². The van der Waals surface area contributed by atoms with Gasteiger partial charge >= 0.3 is 0 Å². The number of rotatable bonds is 2. The van der Waals surface area contributed by atoms with Crippen molar-refractivity contribution < 1.29 is 0 Å². The number of nitrogens with one attached hydrogen (secondary N) is 1. The zero-order chi connectivity index (χ0) is 33.7. The summed E-state index contributed by atoms with van der Waals surface area (Å²) in [6.45, 7) is 11.8. The van der Waals surface area contributed by atoms with E-state index in [9.17, 15) is 0 Å². The molecule has 0 fully saturated rings. The van der Waals surface area contributed by atoms with Gasteiger partial charge in [-0.05, 0) is 69.0 Å². The molecule has 0 radical (unpaired) electrons. The average Bonchev–Trinajstić information content (AvgIpc) is 3.82. The maximum atomic E-state index is 4.05. The first-order chi connectivity index (χ1) is 24.2. The summed E-state index contributed by atoms with van der Waals surface area (Å²) in [5.74, 6) is 0. The Morgan fingerprint density at radius 3 is 2.06 bits per heavy atom. The van der Waals surface area contributed by atoms with Crippen molar-refractivity contribution in [1.82, 2.24) is 9.55 Å². The molecule has 8 aromatic rings. The van der Waals surface area contributed by atoms with Crippen LogP contribution in [0.15, 0.2) is 121 Å². The van der Waals surface area contributed by atoms with Crippen LogP contribution >= 0.6 is 0 Å². The lowest BCUT2D eigenvalue weighted by atomic mass is 9.58. The number of aryl methyl sites for hydroxylation is 1. The standard InChI is InChI=1S/C47H37BN2/c1-26-14-6-7-15-28(26)27-24-34(29-18-12-19-32-39-30-16-8-10-21-35(30)47(4,5)45(39)49-42(29)32)41-38(25-27)50-43-33(20-13-23-37(43)48-41)40-44(50)31-17-9-11-22-36(31)46(40,2)3/h6-25,48-49H,1-5H3. The number of aromatic nitrogens is 2. The summed E-state index contributed by atoms with van der Waals surface area (Å²) in [7, 11) is 0.895. The normalized spacial score (nSPS) is 15.4. The van der Waals surface area contributed by atoms with Gasteiger partial charge in [0.15, 0.2) is 7.28 Å². The van der Waals surface area contributed by atoms with Crippen LogP contribution in [0.4, 0.5) is 0 Å². The van der Waals surface area contributed by atoms with Crippen LogP contribution in [0.2, 0.25) is 0 Å². The van der Waals surface area contributed by atoms with Crippen molar-refractivity contribution in [3.05, 3.63) is 149 Å². The molecule has 6 aromatic carbocycles. The highest BCUT2D eigenvalue weighted by atomic mass is 15.0. The van der Waals surface area contributed by atoms with Gasteiger partial charge in [0.25, 0.3) is 0 Å². The third-order valence-electron chi connectivity index (χ3n) is 12.5. The van der Waals surface area contributed by atoms with Crippen LogP contribution in [0.5, 0.6) is 0 Å². The van der Waals surface area contributed by atoms with Crippen molar-refractivity contribution in [2.45, 2.75) is 45.4 Å². The molecule has 3 aliphatic rings. The van der Waals surface area contributed by atoms with Gasteiger partial charge in [0, 0.05) is 55.2 Å². The minimum absolute atomic E-state index is 0.0888. The van der Waals surface area contributed by atoms with Gasteiger partial charge in [-0.2, -0.15) is 0 Å². The van der Waals surface area contributed by atoms with E-state index in [1.54, 1.807) is 0 Å². The third kappa shape index (κ3) is 3.36. The van der Waals surface area contributed by atoms with E-state index >= 15 is 0 Å². The molecular weight excluding hydrogens is 603 g/mol. The van der Waals surface area contributed by atoms with E-state index in [-0.39, 0.29) is 10.8 Å². The van der Waals surface area contributed by atoms with Crippen molar-refractivity contribution >= 4 is 40.0 Å². The minimum atomic E-state index is -0.0962. The van der Waals surface area contributed by atoms with Crippen LogP contribution in [0, 0.1) is 6.92 Å². The van der Waals surface area contributed by atoms with Gasteiger partial charge in [-0.15, -0.1) is 0 Å². The van der Waals surface area contributed by atoms with Gasteiger partial charge in [0.1, 0.15) is 0 Å². The Morgan fingerprint density at radius 1 is 0.600 bits per heavy atom. The maximum absolute atomic E-state index is 4.05. The molecule has 0 spiro atoms. The summed E-state index contributed by atoms with van der Waals surface area (Å²) in [5, 5.41) is 2.69. The van der Waals surface area contributed by atoms with Gasteiger partial charge in [-0.3, -0.25) is 0 Å². The lowest BCUT2D eigenvalue weighted by molar-refractivity contribution is 0.642. The van der Waals surface area contributed by atoms with Gasteiger partial charge < -0.3 is 9.55 Å². The molecule has 2 aliphatic carbocycles. The van der Waals surface area contributed by atoms with E-state index in [0.29, 0.717) is 0 Å². The molecule has 0 saturated heterocycles. The SMILES string of the molecule is Cc1ccccc1-c1cc(-c2cccc3c4c([nH]c23)C(C)(C)c2ccccc2-4)c2c(c1)-n1c3c(c4cccc(c41)B2)C(C)(C)c1ccccc1-3. The molecule has 1 N–H and O–H groups in total. The predicted molar refractivity (Wildman–Crippen MR) is 212 cm³/mol. The Balaban J connectivity index is 1.27. The zero-order valence-corrected chi connectivity index (χ0v) is 29.2. The summed E-state index contributed by atoms with van der Waals surface area (Å²) in [6.07, 6.45) is 0. The van der Waals surface area contributed by atoms with Crippen molar-refractivity contribution in [1.29, 1.82) is 0 Å². The fraction of sp³-hybridized carbons (Fsp3) is 0.149. The highest BCUT2D eigenvalue weighted by Gasteiger charge is 2.43. The number of nitrogens with zero attached hydrogens (tertiary/aromatic N) is 1. The first-order valence-electron chi connectivity index (χ1n) is 18.0. The largest absolute Gasteiger partial charge is 0.357 e. The third-order valence-corrected chi connectivity index (χ3v) is 12.5. The van der Waals surface area contributed by atoms with Crippen molar-refractivity contribution in [3.8, 4) is 50.3 Å². The minimum Gasteiger partial charge on any atom is -0.357 e. The predicted octanol–water partition coefficient (Wildman–Crippen LogP) is 10.1. The Kier molecular flexibility index (Phi) is 5.31. The van der Waals surface area contributed by atoms with Crippen LogP contribution in [-0.4, -0.2) is 16.8 Å². The average molecular weight is 641 g/mol. The van der Waals surface area contributed by atoms with Gasteiger partial charge in [0.2, 0.25) is 0 Å². The topological polar surface area (TPSA) is 20.7 Å². The summed E-state index contributed by atoms with van der Waals surface area (Å²) >= 11 is 0. The number of para-hydroxylation sites is 2. The van der Waals surface area contributed by atoms with Crippen molar-refractivity contribution in [3.63, 3.8) is 0 Å². The second kappa shape index (κ2) is 9.37. The summed E-state index contributed by atoms with van der Waals surface area (Å²) in [5.41, 5.74) is 24.0. The van der Waals surface area contributed by atoms with E-state index < -0.39 is 0 Å². The van der Waals surface area contributed by atoms with Gasteiger partial charge in [-0.25, -0.2) is 0 Å². The summed E-state index contributed by atoms with van der Waals surface area (Å²) in [6, 6.07) is 45.8. The maximum Gasteiger partial charge on any atom is 0.198 e. The van der Waals surface area contributed by atoms with Crippen molar-refractivity contribution in [2.75, 3.05) is 0 Å². The second-order valence-electron chi connectivity index (χ2n) is 15.8. The molecule has 11 rings (SSSR count). The molecule has 1 aliphatic heterocycles. The fourth-order valence-corrected chi connectivity index (χ4v) is 10.1. The van der Waals surface area contributed by atoms with E-state index in [4.69, 9.17) is 0 Å². The monoisotopic (exact) mass is 640 g/mol. The molecule has 0 saturated carbocycles. The lowest BCUT2D eigenvalue weighted by Gasteiger charge is -2.26. The molecule has 50 heavy (non-hydrogen) atoms. The molecule has 0 atom stereocenters. The van der Waals surface area contributed by atoms with E-state index in [2.05, 4.69) is 165 Å². The smallest absolute Gasteiger partial charge is 0.198 e. The molecule has 0 amide bonds. The van der Waals surface area contributed by atoms with Gasteiger partial charge in [0.05, 0.1) is 11.2 Å². The molecule has 0 unspecified atom stereocenters. The van der Waals surface area contributed by atoms with Crippen LogP contribution < -0.4 is 10.9 Å². The van der Waals surface area contributed by atoms with E-state index in [1.807, 2.05) is 0 Å². The quantitative estimate of drug-likeness (QED) is 0.182. The number of benzene rings is 6. The number of hydrogen-bond acceptors (Lipinski definition) is 0. The molecule has 2 nitrogen and oxygen atoms in total. The Morgan fingerprint density at radius 2 is 1.26 bits per heavy atom. The molecule has 3 heterocycles. The van der Waals surface area contributed by atoms with Crippen LogP contribution in [0.1, 0.15) is 55.6 Å². The molecule has 0 bridgehead atoms. The molecular formula is C47H37BN2. The molecule has 2 aromatic heterocycles. The van der Waals surface area contributed by atoms with E-state index in [1.165, 1.54) is 111 Å². The number of H-pyrrole nitrogens is 1. The first kappa shape index (κ1) is 28.3. The lowest BCUT2D eigenvalue weighted by Crippen LogP contribution is -2.37. The zero-order valence-electron chi connectivity index (χ0n) is 29.2. The van der Waals surface area contributed by atoms with Crippen LogP contribution in [-0.2, 0) is 10.8 Å². The van der Waals surface area contributed by atoms with Crippen molar-refractivity contribution in [2.24, 2.45) is 0 Å². The fourth-order valence-electron chi connectivity index (χ4n) is 10.1. The Labute approximate surface area is 293 Å². The molecule has 238 valence electrons. The van der Waals surface area contributed by atoms with Gasteiger partial charge in [-0.1, -0.05) is 142 Å². The summed E-state index contributed by atoms with van der Waals surface area (Å²) < 4.78 is 2.64. The van der Waals surface area contributed by atoms with E-state index in [0.717, 1.165) is 7.28 Å². The molecule has 3 heteroatoms. The number of fused-ring (bicyclic) bond motifs is 12. The highest BCUT2D eigenvalue weighted by molar-refractivity contribution is 6.73. The van der Waals surface area contributed by atoms with Crippen LogP contribution in [0.25, 0.3) is 72.1 Å². The highest BCUT2D eigenvalue weighted by Crippen LogP contribution is 2.55. The Hall–Kier alpha value is -5.54. The summed E-state index contributed by atoms with van der Waals surface area (Å²) in [4.78, 5) is 4.05. The first-order valence-corrected chi connectivity index (χ1v) is 18.0. The number of hydrogen-bond donors (Lipinski definition) is 1. The number of aromatic amines is 1. The Bertz CT molecular complexity index is 2800.